The molecule has 0 unspecified atom stereocenters. The van der Waals surface area contributed by atoms with E-state index in [0.717, 1.165) is 0 Å². The van der Waals surface area contributed by atoms with Crippen LogP contribution < -0.4 is 16.4 Å². The van der Waals surface area contributed by atoms with E-state index in [4.69, 9.17) is 23.2 Å². The molecule has 2 aromatic carbocycles. The molecular formula is C17H12Cl2N4O3. The fourth-order valence-electron chi connectivity index (χ4n) is 2.36. The van der Waals surface area contributed by atoms with Gasteiger partial charge in [-0.3, -0.25) is 25.2 Å². The summed E-state index contributed by atoms with van der Waals surface area (Å²) in [7, 11) is 0. The molecule has 0 saturated carbocycles. The maximum Gasteiger partial charge on any atom is 0.290 e. The number of benzene rings is 2. The minimum atomic E-state index is -0.659. The predicted molar refractivity (Wildman–Crippen MR) is 98.1 cm³/mol. The standard InChI is InChI=1S/C17H12Cl2N4O3/c18-10-6-5-9(13(19)8-10)7-14(24)20-23-17(26)15-11-3-1-2-4-12(11)16(25)22-21-15/h1-6,8H,7H2,(H,20,24)(H,22,25)(H,23,26). The zero-order valence-corrected chi connectivity index (χ0v) is 14.7. The molecule has 1 aromatic heterocycles. The van der Waals surface area contributed by atoms with E-state index < -0.39 is 17.4 Å². The first-order valence-electron chi connectivity index (χ1n) is 7.46. The van der Waals surface area contributed by atoms with Gasteiger partial charge in [0.2, 0.25) is 5.91 Å². The Hall–Kier alpha value is -2.90. The number of hydrogen-bond donors (Lipinski definition) is 3. The van der Waals surface area contributed by atoms with Crippen molar-refractivity contribution in [3.05, 3.63) is 74.1 Å². The van der Waals surface area contributed by atoms with E-state index in [-0.39, 0.29) is 12.1 Å². The highest BCUT2D eigenvalue weighted by molar-refractivity contribution is 6.35. The summed E-state index contributed by atoms with van der Waals surface area (Å²) in [5, 5.41) is 7.53. The van der Waals surface area contributed by atoms with Crippen LogP contribution in [0.15, 0.2) is 47.3 Å². The summed E-state index contributed by atoms with van der Waals surface area (Å²) in [4.78, 5) is 36.0. The summed E-state index contributed by atoms with van der Waals surface area (Å²) in [6, 6.07) is 11.3. The van der Waals surface area contributed by atoms with E-state index in [0.29, 0.717) is 26.4 Å². The average molecular weight is 391 g/mol. The average Bonchev–Trinajstić information content (AvgIpc) is 2.63. The molecule has 7 nitrogen and oxygen atoms in total. The lowest BCUT2D eigenvalue weighted by atomic mass is 10.1. The second-order valence-corrected chi connectivity index (χ2v) is 6.21. The number of fused-ring (bicyclic) bond motifs is 1. The zero-order valence-electron chi connectivity index (χ0n) is 13.2. The van der Waals surface area contributed by atoms with Gasteiger partial charge in [0, 0.05) is 15.4 Å². The number of aromatic amines is 1. The predicted octanol–water partition coefficient (Wildman–Crippen LogP) is 2.23. The second-order valence-electron chi connectivity index (χ2n) is 5.36. The number of nitrogens with one attached hydrogen (secondary N) is 3. The van der Waals surface area contributed by atoms with Crippen LogP contribution in [0.3, 0.4) is 0 Å². The lowest BCUT2D eigenvalue weighted by Gasteiger charge is -2.09. The SMILES string of the molecule is O=C(Cc1ccc(Cl)cc1Cl)NNC(=O)c1n[nH]c(=O)c2ccccc12. The monoisotopic (exact) mass is 390 g/mol. The van der Waals surface area contributed by atoms with Crippen molar-refractivity contribution in [3.63, 3.8) is 0 Å². The normalized spacial score (nSPS) is 10.5. The summed E-state index contributed by atoms with van der Waals surface area (Å²) in [6.07, 6.45) is -0.0456. The van der Waals surface area contributed by atoms with Crippen molar-refractivity contribution in [2.24, 2.45) is 0 Å². The number of amides is 2. The molecule has 1 heterocycles. The van der Waals surface area contributed by atoms with Crippen molar-refractivity contribution < 1.29 is 9.59 Å². The molecule has 0 radical (unpaired) electrons. The van der Waals surface area contributed by atoms with Gasteiger partial charge in [-0.15, -0.1) is 0 Å². The fraction of sp³-hybridized carbons (Fsp3) is 0.0588. The van der Waals surface area contributed by atoms with Gasteiger partial charge in [0.25, 0.3) is 11.5 Å². The van der Waals surface area contributed by atoms with Crippen molar-refractivity contribution in [3.8, 4) is 0 Å². The second kappa shape index (κ2) is 7.55. The van der Waals surface area contributed by atoms with Crippen LogP contribution in [0.2, 0.25) is 10.0 Å². The minimum Gasteiger partial charge on any atom is -0.273 e. The Morgan fingerprint density at radius 3 is 2.50 bits per heavy atom. The maximum absolute atomic E-state index is 12.3. The summed E-state index contributed by atoms with van der Waals surface area (Å²) < 4.78 is 0. The van der Waals surface area contributed by atoms with Gasteiger partial charge in [-0.05, 0) is 23.8 Å². The number of hydrazine groups is 1. The number of carbonyl (C=O) groups is 2. The molecule has 0 aliphatic carbocycles. The first-order valence-corrected chi connectivity index (χ1v) is 8.22. The lowest BCUT2D eigenvalue weighted by Crippen LogP contribution is -2.43. The van der Waals surface area contributed by atoms with Gasteiger partial charge < -0.3 is 0 Å². The molecule has 9 heteroatoms. The molecule has 0 aliphatic rings. The van der Waals surface area contributed by atoms with E-state index in [1.54, 1.807) is 36.4 Å². The third kappa shape index (κ3) is 3.84. The molecule has 0 saturated heterocycles. The number of H-pyrrole nitrogens is 1. The molecule has 0 atom stereocenters. The van der Waals surface area contributed by atoms with Crippen LogP contribution in [0.5, 0.6) is 0 Å². The van der Waals surface area contributed by atoms with E-state index >= 15 is 0 Å². The van der Waals surface area contributed by atoms with Crippen molar-refractivity contribution in [1.82, 2.24) is 21.0 Å². The molecule has 3 N–H and O–H groups in total. The zero-order chi connectivity index (χ0) is 18.7. The Morgan fingerprint density at radius 1 is 1.04 bits per heavy atom. The van der Waals surface area contributed by atoms with Crippen LogP contribution >= 0.6 is 23.2 Å². The van der Waals surface area contributed by atoms with Crippen molar-refractivity contribution in [2.75, 3.05) is 0 Å². The van der Waals surface area contributed by atoms with Crippen LogP contribution in [-0.4, -0.2) is 22.0 Å². The third-order valence-electron chi connectivity index (χ3n) is 3.59. The summed E-state index contributed by atoms with van der Waals surface area (Å²) in [5.41, 5.74) is 4.71. The number of hydrogen-bond acceptors (Lipinski definition) is 4. The molecule has 0 fully saturated rings. The van der Waals surface area contributed by atoms with E-state index in [2.05, 4.69) is 21.0 Å². The maximum atomic E-state index is 12.3. The number of rotatable bonds is 3. The Kier molecular flexibility index (Phi) is 5.20. The van der Waals surface area contributed by atoms with E-state index in [1.165, 1.54) is 6.07 Å². The Morgan fingerprint density at radius 2 is 1.77 bits per heavy atom. The number of nitrogens with zero attached hydrogens (tertiary/aromatic N) is 1. The first-order chi connectivity index (χ1) is 12.5. The van der Waals surface area contributed by atoms with Gasteiger partial charge in [0.15, 0.2) is 5.69 Å². The minimum absolute atomic E-state index is 0.00924. The molecule has 3 aromatic rings. The summed E-state index contributed by atoms with van der Waals surface area (Å²) in [6.45, 7) is 0. The highest BCUT2D eigenvalue weighted by atomic mass is 35.5. The van der Waals surface area contributed by atoms with Gasteiger partial charge in [-0.1, -0.05) is 47.5 Å². The Bertz CT molecular complexity index is 1070. The van der Waals surface area contributed by atoms with E-state index in [1.807, 2.05) is 0 Å². The highest BCUT2D eigenvalue weighted by Gasteiger charge is 2.15. The molecule has 132 valence electrons. The quantitative estimate of drug-likeness (QED) is 0.596. The largest absolute Gasteiger partial charge is 0.290 e. The number of aromatic nitrogens is 2. The van der Waals surface area contributed by atoms with Gasteiger partial charge in [-0.25, -0.2) is 5.10 Å². The Balaban J connectivity index is 1.70. The molecular weight excluding hydrogens is 379 g/mol. The summed E-state index contributed by atoms with van der Waals surface area (Å²) in [5.74, 6) is -1.13. The topological polar surface area (TPSA) is 104 Å². The van der Waals surface area contributed by atoms with Gasteiger partial charge >= 0.3 is 0 Å². The molecule has 0 aliphatic heterocycles. The van der Waals surface area contributed by atoms with Gasteiger partial charge in [-0.2, -0.15) is 5.10 Å². The smallest absolute Gasteiger partial charge is 0.273 e. The summed E-state index contributed by atoms with van der Waals surface area (Å²) >= 11 is 11.8. The molecule has 3 rings (SSSR count). The lowest BCUT2D eigenvalue weighted by molar-refractivity contribution is -0.121. The van der Waals surface area contributed by atoms with Gasteiger partial charge in [0.1, 0.15) is 0 Å². The van der Waals surface area contributed by atoms with Crippen LogP contribution in [-0.2, 0) is 11.2 Å². The number of halogens is 2. The number of carbonyl (C=O) groups excluding carboxylic acids is 2. The van der Waals surface area contributed by atoms with Crippen molar-refractivity contribution >= 4 is 45.8 Å². The van der Waals surface area contributed by atoms with Crippen molar-refractivity contribution in [2.45, 2.75) is 6.42 Å². The highest BCUT2D eigenvalue weighted by Crippen LogP contribution is 2.21. The van der Waals surface area contributed by atoms with Crippen LogP contribution in [0.1, 0.15) is 16.1 Å². The van der Waals surface area contributed by atoms with Crippen LogP contribution in [0.4, 0.5) is 0 Å². The molecule has 2 amide bonds. The Labute approximate surface area is 157 Å². The molecule has 26 heavy (non-hydrogen) atoms. The van der Waals surface area contributed by atoms with Crippen LogP contribution in [0.25, 0.3) is 10.8 Å². The van der Waals surface area contributed by atoms with E-state index in [9.17, 15) is 14.4 Å². The van der Waals surface area contributed by atoms with Crippen LogP contribution in [0, 0.1) is 0 Å². The fourth-order valence-corrected chi connectivity index (χ4v) is 2.83. The molecule has 0 spiro atoms. The van der Waals surface area contributed by atoms with Crippen molar-refractivity contribution in [1.29, 1.82) is 0 Å². The third-order valence-corrected chi connectivity index (χ3v) is 4.18. The van der Waals surface area contributed by atoms with Gasteiger partial charge in [0.05, 0.1) is 11.8 Å². The first kappa shape index (κ1) is 17.9. The molecule has 0 bridgehead atoms.